The summed E-state index contributed by atoms with van der Waals surface area (Å²) >= 11 is 0. The highest BCUT2D eigenvalue weighted by Crippen LogP contribution is 2.22. The zero-order valence-electron chi connectivity index (χ0n) is 12.8. The lowest BCUT2D eigenvalue weighted by molar-refractivity contribution is 0.173. The molecule has 1 aromatic carbocycles. The van der Waals surface area contributed by atoms with Gasteiger partial charge < -0.3 is 5.11 Å². The second-order valence-corrected chi connectivity index (χ2v) is 6.34. The average molecular weight is 272 g/mol. The summed E-state index contributed by atoms with van der Waals surface area (Å²) in [5, 5.41) is 14.1. The topological polar surface area (TPSA) is 38.1 Å². The molecule has 1 aromatic heterocycles. The van der Waals surface area contributed by atoms with Gasteiger partial charge in [-0.15, -0.1) is 0 Å². The Morgan fingerprint density at radius 2 is 1.85 bits per heavy atom. The van der Waals surface area contributed by atoms with Gasteiger partial charge in [0.15, 0.2) is 0 Å². The van der Waals surface area contributed by atoms with Gasteiger partial charge in [-0.05, 0) is 23.0 Å². The Morgan fingerprint density at radius 3 is 2.40 bits per heavy atom. The minimum absolute atomic E-state index is 0.183. The number of hydrogen-bond donors (Lipinski definition) is 1. The van der Waals surface area contributed by atoms with Crippen LogP contribution >= 0.6 is 0 Å². The monoisotopic (exact) mass is 272 g/mol. The number of benzene rings is 1. The molecule has 0 aliphatic rings. The van der Waals surface area contributed by atoms with E-state index in [0.29, 0.717) is 6.42 Å². The fraction of sp³-hybridized carbons (Fsp3) is 0.471. The maximum atomic E-state index is 9.78. The van der Waals surface area contributed by atoms with Crippen molar-refractivity contribution in [1.82, 2.24) is 9.78 Å². The molecular formula is C17H24N2O. The first-order valence-electron chi connectivity index (χ1n) is 7.20. The van der Waals surface area contributed by atoms with Crippen molar-refractivity contribution in [2.24, 2.45) is 0 Å². The van der Waals surface area contributed by atoms with Gasteiger partial charge in [0.05, 0.1) is 18.8 Å². The molecule has 0 bridgehead atoms. The zero-order chi connectivity index (χ0) is 14.8. The van der Waals surface area contributed by atoms with E-state index >= 15 is 0 Å². The van der Waals surface area contributed by atoms with Crippen LogP contribution in [0.15, 0.2) is 36.7 Å². The molecule has 3 heteroatoms. The van der Waals surface area contributed by atoms with E-state index in [1.165, 1.54) is 11.1 Å². The fourth-order valence-electron chi connectivity index (χ4n) is 2.17. The van der Waals surface area contributed by atoms with E-state index < -0.39 is 6.10 Å². The highest BCUT2D eigenvalue weighted by molar-refractivity contribution is 5.27. The Kier molecular flexibility index (Phi) is 4.29. The molecule has 1 heterocycles. The van der Waals surface area contributed by atoms with Crippen molar-refractivity contribution in [2.45, 2.75) is 52.2 Å². The van der Waals surface area contributed by atoms with Crippen LogP contribution in [0.1, 0.15) is 56.9 Å². The molecule has 0 spiro atoms. The van der Waals surface area contributed by atoms with Crippen molar-refractivity contribution in [1.29, 1.82) is 0 Å². The summed E-state index contributed by atoms with van der Waals surface area (Å²) in [5.41, 5.74) is 3.63. The number of aliphatic hydroxyl groups is 1. The Bertz CT molecular complexity index is 549. The average Bonchev–Trinajstić information content (AvgIpc) is 2.86. The molecule has 0 aliphatic heterocycles. The molecule has 20 heavy (non-hydrogen) atoms. The Labute approximate surface area is 121 Å². The van der Waals surface area contributed by atoms with E-state index in [2.05, 4.69) is 50.1 Å². The van der Waals surface area contributed by atoms with Gasteiger partial charge in [-0.2, -0.15) is 5.10 Å². The van der Waals surface area contributed by atoms with Gasteiger partial charge in [-0.3, -0.25) is 4.68 Å². The highest BCUT2D eigenvalue weighted by atomic mass is 16.3. The van der Waals surface area contributed by atoms with Crippen molar-refractivity contribution in [3.05, 3.63) is 53.3 Å². The van der Waals surface area contributed by atoms with Gasteiger partial charge in [0.1, 0.15) is 0 Å². The van der Waals surface area contributed by atoms with Crippen LogP contribution in [0.3, 0.4) is 0 Å². The molecule has 108 valence electrons. The smallest absolute Gasteiger partial charge is 0.0817 e. The lowest BCUT2D eigenvalue weighted by Gasteiger charge is -2.19. The van der Waals surface area contributed by atoms with Crippen LogP contribution < -0.4 is 0 Å². The summed E-state index contributed by atoms with van der Waals surface area (Å²) in [7, 11) is 0. The number of nitrogens with zero attached hydrogens (tertiary/aromatic N) is 2. The highest BCUT2D eigenvalue weighted by Gasteiger charge is 2.13. The summed E-state index contributed by atoms with van der Waals surface area (Å²) in [5.74, 6) is 0. The quantitative estimate of drug-likeness (QED) is 0.922. The lowest BCUT2D eigenvalue weighted by atomic mass is 9.87. The summed E-state index contributed by atoms with van der Waals surface area (Å²) in [6.45, 7) is 9.35. The van der Waals surface area contributed by atoms with Crippen molar-refractivity contribution in [3.8, 4) is 0 Å². The fourth-order valence-corrected chi connectivity index (χ4v) is 2.17. The molecule has 1 N–H and O–H groups in total. The largest absolute Gasteiger partial charge is 0.388 e. The van der Waals surface area contributed by atoms with Crippen molar-refractivity contribution < 1.29 is 5.11 Å². The Hall–Kier alpha value is -1.61. The third kappa shape index (κ3) is 3.48. The first-order chi connectivity index (χ1) is 9.40. The molecule has 0 saturated carbocycles. The minimum Gasteiger partial charge on any atom is -0.388 e. The Morgan fingerprint density at radius 1 is 1.20 bits per heavy atom. The van der Waals surface area contributed by atoms with Gasteiger partial charge in [-0.25, -0.2) is 0 Å². The van der Waals surface area contributed by atoms with E-state index in [4.69, 9.17) is 0 Å². The molecule has 0 aliphatic carbocycles. The second kappa shape index (κ2) is 5.80. The number of hydrogen-bond acceptors (Lipinski definition) is 2. The maximum absolute atomic E-state index is 9.78. The van der Waals surface area contributed by atoms with Crippen LogP contribution in [-0.4, -0.2) is 14.9 Å². The van der Waals surface area contributed by atoms with Crippen molar-refractivity contribution in [3.63, 3.8) is 0 Å². The molecule has 1 unspecified atom stereocenters. The first kappa shape index (κ1) is 14.8. The van der Waals surface area contributed by atoms with Crippen LogP contribution in [0.2, 0.25) is 0 Å². The lowest BCUT2D eigenvalue weighted by Crippen LogP contribution is -2.11. The summed E-state index contributed by atoms with van der Waals surface area (Å²) < 4.78 is 1.88. The van der Waals surface area contributed by atoms with Crippen molar-refractivity contribution >= 4 is 0 Å². The Balaban J connectivity index is 2.08. The van der Waals surface area contributed by atoms with Gasteiger partial charge in [0.2, 0.25) is 0 Å². The molecule has 0 fully saturated rings. The molecule has 2 rings (SSSR count). The molecule has 2 aromatic rings. The number of aliphatic hydroxyl groups excluding tert-OH is 1. The second-order valence-electron chi connectivity index (χ2n) is 6.34. The van der Waals surface area contributed by atoms with Gasteiger partial charge in [0.25, 0.3) is 0 Å². The van der Waals surface area contributed by atoms with E-state index in [-0.39, 0.29) is 5.41 Å². The molecular weight excluding hydrogens is 248 g/mol. The van der Waals surface area contributed by atoms with E-state index in [9.17, 15) is 5.11 Å². The van der Waals surface area contributed by atoms with Gasteiger partial charge in [0, 0.05) is 11.8 Å². The van der Waals surface area contributed by atoms with Gasteiger partial charge >= 0.3 is 0 Å². The molecule has 0 saturated heterocycles. The maximum Gasteiger partial charge on any atom is 0.0817 e. The third-order valence-electron chi connectivity index (χ3n) is 3.59. The summed E-state index contributed by atoms with van der Waals surface area (Å²) in [6, 6.07) is 8.66. The van der Waals surface area contributed by atoms with Crippen LogP contribution in [0.25, 0.3) is 0 Å². The predicted octanol–water partition coefficient (Wildman–Crippen LogP) is 3.67. The summed E-state index contributed by atoms with van der Waals surface area (Å²) in [4.78, 5) is 0. The predicted molar refractivity (Wildman–Crippen MR) is 81.7 cm³/mol. The molecule has 3 nitrogen and oxygen atoms in total. The van der Waals surface area contributed by atoms with Gasteiger partial charge in [-0.1, -0.05) is 52.0 Å². The SMILES string of the molecule is CCC(O)c1cnn(Cc2ccc(C(C)(C)C)cc2)c1. The van der Waals surface area contributed by atoms with E-state index in [1.807, 2.05) is 17.8 Å². The van der Waals surface area contributed by atoms with E-state index in [1.54, 1.807) is 6.20 Å². The molecule has 0 radical (unpaired) electrons. The molecule has 0 amide bonds. The third-order valence-corrected chi connectivity index (χ3v) is 3.59. The first-order valence-corrected chi connectivity index (χ1v) is 7.20. The summed E-state index contributed by atoms with van der Waals surface area (Å²) in [6.07, 6.45) is 3.97. The van der Waals surface area contributed by atoms with Crippen LogP contribution in [0, 0.1) is 0 Å². The van der Waals surface area contributed by atoms with Crippen LogP contribution in [0.4, 0.5) is 0 Å². The number of aromatic nitrogens is 2. The van der Waals surface area contributed by atoms with Crippen LogP contribution in [-0.2, 0) is 12.0 Å². The zero-order valence-corrected chi connectivity index (χ0v) is 12.8. The van der Waals surface area contributed by atoms with Crippen LogP contribution in [0.5, 0.6) is 0 Å². The number of rotatable bonds is 4. The normalized spacial score (nSPS) is 13.4. The van der Waals surface area contributed by atoms with E-state index in [0.717, 1.165) is 12.1 Å². The minimum atomic E-state index is -0.410. The molecule has 1 atom stereocenters. The van der Waals surface area contributed by atoms with Crippen molar-refractivity contribution in [2.75, 3.05) is 0 Å². The standard InChI is InChI=1S/C17H24N2O/c1-5-16(20)14-10-18-19(12-14)11-13-6-8-15(9-7-13)17(2,3)4/h6-10,12,16,20H,5,11H2,1-4H3.